The van der Waals surface area contributed by atoms with Crippen LogP contribution in [0.4, 0.5) is 0 Å². The molecule has 2 aliphatic heterocycles. The molecule has 4 nitrogen and oxygen atoms in total. The Balaban J connectivity index is 1.27. The van der Waals surface area contributed by atoms with E-state index in [2.05, 4.69) is 78.3 Å². The Hall–Kier alpha value is -2.85. The summed E-state index contributed by atoms with van der Waals surface area (Å²) >= 11 is 0. The normalized spacial score (nSPS) is 18.3. The average Bonchev–Trinajstić information content (AvgIpc) is 3.22. The standard InChI is InChI=1S/C27H30N2O2/c1-19-14-23(15-20(2)28-19)16-21-5-7-22(8-6-21)18-29-11-3-4-25(29)24-9-10-26-27(17-24)31-13-12-30-26/h5-10,14-15,17,25H,3-4,11-13,16,18H2,1-2H3. The van der Waals surface area contributed by atoms with E-state index in [9.17, 15) is 0 Å². The van der Waals surface area contributed by atoms with Crippen LogP contribution in [-0.2, 0) is 13.0 Å². The number of hydrogen-bond acceptors (Lipinski definition) is 4. The summed E-state index contributed by atoms with van der Waals surface area (Å²) in [6, 6.07) is 20.4. The molecule has 31 heavy (non-hydrogen) atoms. The Morgan fingerprint density at radius 1 is 0.839 bits per heavy atom. The van der Waals surface area contributed by atoms with E-state index in [1.165, 1.54) is 35.1 Å². The molecule has 2 aliphatic rings. The highest BCUT2D eigenvalue weighted by molar-refractivity contribution is 5.45. The number of ether oxygens (including phenoxy) is 2. The van der Waals surface area contributed by atoms with Gasteiger partial charge in [0.2, 0.25) is 0 Å². The summed E-state index contributed by atoms with van der Waals surface area (Å²) in [4.78, 5) is 7.08. The highest BCUT2D eigenvalue weighted by Gasteiger charge is 2.27. The van der Waals surface area contributed by atoms with Gasteiger partial charge in [0.1, 0.15) is 13.2 Å². The molecular formula is C27H30N2O2. The number of aryl methyl sites for hydroxylation is 2. The molecular weight excluding hydrogens is 384 g/mol. The quantitative estimate of drug-likeness (QED) is 0.560. The first-order valence-corrected chi connectivity index (χ1v) is 11.3. The van der Waals surface area contributed by atoms with Gasteiger partial charge < -0.3 is 9.47 Å². The average molecular weight is 415 g/mol. The fourth-order valence-corrected chi connectivity index (χ4v) is 4.92. The van der Waals surface area contributed by atoms with Crippen LogP contribution in [0.2, 0.25) is 0 Å². The summed E-state index contributed by atoms with van der Waals surface area (Å²) < 4.78 is 11.5. The van der Waals surface area contributed by atoms with Crippen LogP contribution in [0.1, 0.15) is 52.5 Å². The summed E-state index contributed by atoms with van der Waals surface area (Å²) in [5, 5.41) is 0. The molecule has 0 N–H and O–H groups in total. The molecule has 3 aromatic rings. The fraction of sp³-hybridized carbons (Fsp3) is 0.370. The maximum absolute atomic E-state index is 5.81. The summed E-state index contributed by atoms with van der Waals surface area (Å²) in [5.41, 5.74) is 7.56. The maximum Gasteiger partial charge on any atom is 0.161 e. The summed E-state index contributed by atoms with van der Waals surface area (Å²) in [5.74, 6) is 1.76. The van der Waals surface area contributed by atoms with Crippen molar-refractivity contribution < 1.29 is 9.47 Å². The third-order valence-corrected chi connectivity index (χ3v) is 6.27. The minimum atomic E-state index is 0.443. The zero-order valence-corrected chi connectivity index (χ0v) is 18.4. The highest BCUT2D eigenvalue weighted by atomic mass is 16.6. The Morgan fingerprint density at radius 3 is 2.32 bits per heavy atom. The lowest BCUT2D eigenvalue weighted by Crippen LogP contribution is -2.23. The van der Waals surface area contributed by atoms with Crippen LogP contribution in [-0.4, -0.2) is 29.6 Å². The van der Waals surface area contributed by atoms with E-state index < -0.39 is 0 Å². The predicted molar refractivity (Wildman–Crippen MR) is 123 cm³/mol. The number of fused-ring (bicyclic) bond motifs is 1. The van der Waals surface area contributed by atoms with Crippen molar-refractivity contribution in [3.05, 3.63) is 88.2 Å². The molecule has 1 atom stereocenters. The van der Waals surface area contributed by atoms with Gasteiger partial charge in [0.25, 0.3) is 0 Å². The van der Waals surface area contributed by atoms with E-state index in [-0.39, 0.29) is 0 Å². The van der Waals surface area contributed by atoms with Gasteiger partial charge in [-0.15, -0.1) is 0 Å². The van der Waals surface area contributed by atoms with E-state index in [1.807, 2.05) is 0 Å². The number of aromatic nitrogens is 1. The zero-order valence-electron chi connectivity index (χ0n) is 18.4. The smallest absolute Gasteiger partial charge is 0.161 e. The van der Waals surface area contributed by atoms with Crippen LogP contribution < -0.4 is 9.47 Å². The monoisotopic (exact) mass is 414 g/mol. The number of hydrogen-bond donors (Lipinski definition) is 0. The topological polar surface area (TPSA) is 34.6 Å². The SMILES string of the molecule is Cc1cc(Cc2ccc(CN3CCCC3c3ccc4c(c3)OCCO4)cc2)cc(C)n1. The second-order valence-corrected chi connectivity index (χ2v) is 8.78. The van der Waals surface area contributed by atoms with Crippen molar-refractivity contribution in [2.24, 2.45) is 0 Å². The fourth-order valence-electron chi connectivity index (χ4n) is 4.92. The summed E-state index contributed by atoms with van der Waals surface area (Å²) in [6.07, 6.45) is 3.38. The van der Waals surface area contributed by atoms with E-state index in [0.29, 0.717) is 19.3 Å². The van der Waals surface area contributed by atoms with E-state index in [1.54, 1.807) is 0 Å². The van der Waals surface area contributed by atoms with Gasteiger partial charge in [0, 0.05) is 24.0 Å². The number of likely N-dealkylation sites (tertiary alicyclic amines) is 1. The molecule has 4 heteroatoms. The van der Waals surface area contributed by atoms with Gasteiger partial charge in [-0.3, -0.25) is 9.88 Å². The van der Waals surface area contributed by atoms with Crippen molar-refractivity contribution in [2.45, 2.75) is 45.7 Å². The molecule has 1 unspecified atom stereocenters. The lowest BCUT2D eigenvalue weighted by molar-refractivity contribution is 0.170. The maximum atomic E-state index is 5.81. The molecule has 0 spiro atoms. The Labute approximate surface area is 184 Å². The molecule has 1 saturated heterocycles. The number of nitrogens with zero attached hydrogens (tertiary/aromatic N) is 2. The molecule has 0 saturated carbocycles. The van der Waals surface area contributed by atoms with Gasteiger partial charge in [-0.1, -0.05) is 30.3 Å². The molecule has 0 aliphatic carbocycles. The number of benzene rings is 2. The second-order valence-electron chi connectivity index (χ2n) is 8.78. The predicted octanol–water partition coefficient (Wildman–Crippen LogP) is 5.40. The molecule has 2 aromatic carbocycles. The zero-order chi connectivity index (χ0) is 21.2. The van der Waals surface area contributed by atoms with Crippen molar-refractivity contribution in [2.75, 3.05) is 19.8 Å². The van der Waals surface area contributed by atoms with Crippen molar-refractivity contribution in [3.8, 4) is 11.5 Å². The van der Waals surface area contributed by atoms with Crippen LogP contribution >= 0.6 is 0 Å². The molecule has 0 amide bonds. The van der Waals surface area contributed by atoms with Crippen LogP contribution in [0.25, 0.3) is 0 Å². The van der Waals surface area contributed by atoms with Crippen LogP contribution in [0.15, 0.2) is 54.6 Å². The van der Waals surface area contributed by atoms with Gasteiger partial charge in [0.15, 0.2) is 11.5 Å². The third-order valence-electron chi connectivity index (χ3n) is 6.27. The van der Waals surface area contributed by atoms with Crippen molar-refractivity contribution >= 4 is 0 Å². The first-order chi connectivity index (χ1) is 15.1. The van der Waals surface area contributed by atoms with Gasteiger partial charge in [0.05, 0.1) is 0 Å². The minimum Gasteiger partial charge on any atom is -0.486 e. The number of pyridine rings is 1. The molecule has 5 rings (SSSR count). The molecule has 160 valence electrons. The lowest BCUT2D eigenvalue weighted by Gasteiger charge is -2.26. The van der Waals surface area contributed by atoms with Crippen molar-refractivity contribution in [3.63, 3.8) is 0 Å². The van der Waals surface area contributed by atoms with Gasteiger partial charge >= 0.3 is 0 Å². The summed E-state index contributed by atoms with van der Waals surface area (Å²) in [7, 11) is 0. The first kappa shape index (κ1) is 20.1. The molecule has 1 fully saturated rings. The van der Waals surface area contributed by atoms with Crippen molar-refractivity contribution in [1.82, 2.24) is 9.88 Å². The molecule has 0 bridgehead atoms. The van der Waals surface area contributed by atoms with E-state index in [4.69, 9.17) is 9.47 Å². The Morgan fingerprint density at radius 2 is 1.55 bits per heavy atom. The van der Waals surface area contributed by atoms with E-state index in [0.717, 1.165) is 42.4 Å². The second kappa shape index (κ2) is 8.72. The third kappa shape index (κ3) is 4.59. The van der Waals surface area contributed by atoms with Crippen LogP contribution in [0.5, 0.6) is 11.5 Å². The molecule has 1 aromatic heterocycles. The van der Waals surface area contributed by atoms with Gasteiger partial charge in [-0.25, -0.2) is 0 Å². The van der Waals surface area contributed by atoms with E-state index >= 15 is 0 Å². The number of rotatable bonds is 5. The minimum absolute atomic E-state index is 0.443. The highest BCUT2D eigenvalue weighted by Crippen LogP contribution is 2.38. The van der Waals surface area contributed by atoms with Gasteiger partial charge in [-0.05, 0) is 86.2 Å². The lowest BCUT2D eigenvalue weighted by atomic mass is 10.0. The Bertz CT molecular complexity index is 1040. The summed E-state index contributed by atoms with van der Waals surface area (Å²) in [6.45, 7) is 7.51. The van der Waals surface area contributed by atoms with Crippen LogP contribution in [0, 0.1) is 13.8 Å². The molecule has 3 heterocycles. The van der Waals surface area contributed by atoms with Crippen LogP contribution in [0.3, 0.4) is 0 Å². The largest absolute Gasteiger partial charge is 0.486 e. The Kier molecular flexibility index (Phi) is 5.65. The van der Waals surface area contributed by atoms with Gasteiger partial charge in [-0.2, -0.15) is 0 Å². The van der Waals surface area contributed by atoms with Crippen molar-refractivity contribution in [1.29, 1.82) is 0 Å². The first-order valence-electron chi connectivity index (χ1n) is 11.3. The molecule has 0 radical (unpaired) electrons.